The molecule has 0 radical (unpaired) electrons. The van der Waals surface area contributed by atoms with Gasteiger partial charge in [0, 0.05) is 42.6 Å². The number of hydrogen-bond donors (Lipinski definition) is 1. The zero-order valence-corrected chi connectivity index (χ0v) is 15.8. The molecule has 3 atom stereocenters. The van der Waals surface area contributed by atoms with Gasteiger partial charge in [-0.25, -0.2) is 4.79 Å². The van der Waals surface area contributed by atoms with Crippen molar-refractivity contribution in [3.63, 3.8) is 0 Å². The number of amides is 2. The van der Waals surface area contributed by atoms with Crippen LogP contribution in [0.3, 0.4) is 0 Å². The van der Waals surface area contributed by atoms with E-state index in [0.717, 1.165) is 29.7 Å². The van der Waals surface area contributed by atoms with Gasteiger partial charge < -0.3 is 15.0 Å². The molecule has 1 aliphatic heterocycles. The number of likely N-dealkylation sites (N-methyl/N-ethyl adjacent to an activating group) is 1. The lowest BCUT2D eigenvalue weighted by molar-refractivity contribution is -0.123. The highest BCUT2D eigenvalue weighted by atomic mass is 16.6. The lowest BCUT2D eigenvalue weighted by atomic mass is 9.60. The van der Waals surface area contributed by atoms with Crippen molar-refractivity contribution >= 4 is 12.0 Å². The second kappa shape index (κ2) is 6.36. The lowest BCUT2D eigenvalue weighted by Crippen LogP contribution is -2.44. The van der Waals surface area contributed by atoms with E-state index in [0.29, 0.717) is 13.0 Å². The number of alkyl carbamates (subject to hydrolysis) is 1. The van der Waals surface area contributed by atoms with Gasteiger partial charge in [0.2, 0.25) is 0 Å². The molecule has 0 fully saturated rings. The molecule has 25 heavy (non-hydrogen) atoms. The highest BCUT2D eigenvalue weighted by Gasteiger charge is 2.48. The minimum atomic E-state index is -0.336. The number of hydrogen-bond acceptors (Lipinski definition) is 3. The molecular weight excluding hydrogens is 316 g/mol. The highest BCUT2D eigenvalue weighted by molar-refractivity contribution is 6.00. The first-order chi connectivity index (χ1) is 11.8. The summed E-state index contributed by atoms with van der Waals surface area (Å²) in [5.41, 5.74) is 4.12. The predicted molar refractivity (Wildman–Crippen MR) is 96.7 cm³/mol. The minimum Gasteiger partial charge on any atom is -0.446 e. The van der Waals surface area contributed by atoms with Gasteiger partial charge in [-0.2, -0.15) is 0 Å². The van der Waals surface area contributed by atoms with Gasteiger partial charge in [-0.3, -0.25) is 4.79 Å². The number of nitrogens with zero attached hydrogens (tertiary/aromatic N) is 1. The van der Waals surface area contributed by atoms with E-state index in [1.54, 1.807) is 4.90 Å². The van der Waals surface area contributed by atoms with Gasteiger partial charge in [-0.1, -0.05) is 26.8 Å². The maximum absolute atomic E-state index is 12.3. The van der Waals surface area contributed by atoms with Crippen molar-refractivity contribution in [2.24, 2.45) is 11.3 Å². The first-order valence-corrected chi connectivity index (χ1v) is 9.14. The van der Waals surface area contributed by atoms with Gasteiger partial charge in [-0.15, -0.1) is 0 Å². The van der Waals surface area contributed by atoms with Crippen LogP contribution in [0.25, 0.3) is 0 Å². The van der Waals surface area contributed by atoms with Crippen molar-refractivity contribution in [2.45, 2.75) is 53.1 Å². The number of carbonyl (C=O) groups excluding carboxylic acids is 2. The Hall–Kier alpha value is -2.04. The second-order valence-corrected chi connectivity index (χ2v) is 7.65. The molecule has 0 saturated heterocycles. The second-order valence-electron chi connectivity index (χ2n) is 7.65. The van der Waals surface area contributed by atoms with E-state index in [-0.39, 0.29) is 29.4 Å². The number of allylic oxidation sites excluding steroid dienone is 3. The summed E-state index contributed by atoms with van der Waals surface area (Å²) in [6.07, 6.45) is 6.26. The summed E-state index contributed by atoms with van der Waals surface area (Å²) in [7, 11) is 1.84. The van der Waals surface area contributed by atoms with Gasteiger partial charge in [0.05, 0.1) is 0 Å². The Morgan fingerprint density at radius 3 is 2.88 bits per heavy atom. The summed E-state index contributed by atoms with van der Waals surface area (Å²) in [6.45, 7) is 8.93. The molecule has 5 nitrogen and oxygen atoms in total. The molecule has 136 valence electrons. The Labute approximate surface area is 149 Å². The Kier molecular flexibility index (Phi) is 4.52. The molecule has 0 aromatic heterocycles. The molecule has 5 heteroatoms. The summed E-state index contributed by atoms with van der Waals surface area (Å²) < 4.78 is 5.69. The molecule has 2 aliphatic carbocycles. The van der Waals surface area contributed by atoms with Gasteiger partial charge in [0.15, 0.2) is 0 Å². The number of carbonyl (C=O) groups is 2. The predicted octanol–water partition coefficient (Wildman–Crippen LogP) is 3.54. The summed E-state index contributed by atoms with van der Waals surface area (Å²) in [6, 6.07) is 0. The van der Waals surface area contributed by atoms with Crippen LogP contribution in [-0.4, -0.2) is 36.6 Å². The minimum absolute atomic E-state index is 0.0866. The fraction of sp³-hybridized carbons (Fsp3) is 0.600. The molecule has 0 spiro atoms. The van der Waals surface area contributed by atoms with E-state index in [4.69, 9.17) is 4.74 Å². The largest absolute Gasteiger partial charge is 0.446 e. The summed E-state index contributed by atoms with van der Waals surface area (Å²) >= 11 is 0. The molecule has 2 amide bonds. The summed E-state index contributed by atoms with van der Waals surface area (Å²) in [5, 5.41) is 2.79. The Morgan fingerprint density at radius 2 is 2.20 bits per heavy atom. The number of nitrogens with one attached hydrogen (secondary N) is 1. The lowest BCUT2D eigenvalue weighted by Gasteiger charge is -2.46. The normalized spacial score (nSPS) is 31.2. The molecule has 0 bridgehead atoms. The smallest absolute Gasteiger partial charge is 0.407 e. The number of fused-ring (bicyclic) bond motifs is 2. The van der Waals surface area contributed by atoms with E-state index in [9.17, 15) is 9.59 Å². The molecule has 0 aromatic carbocycles. The third-order valence-electron chi connectivity index (χ3n) is 6.15. The monoisotopic (exact) mass is 344 g/mol. The van der Waals surface area contributed by atoms with Crippen LogP contribution in [0.4, 0.5) is 4.79 Å². The van der Waals surface area contributed by atoms with Crippen LogP contribution in [0.1, 0.15) is 47.0 Å². The van der Waals surface area contributed by atoms with Crippen molar-refractivity contribution in [1.82, 2.24) is 10.2 Å². The van der Waals surface area contributed by atoms with E-state index in [1.165, 1.54) is 5.57 Å². The third kappa shape index (κ3) is 2.79. The van der Waals surface area contributed by atoms with Crippen LogP contribution in [0.5, 0.6) is 0 Å². The quantitative estimate of drug-likeness (QED) is 0.852. The standard InChI is InChI=1S/C20H28N2O3/c1-6-9-21-19(24)25-17-8-7-14-10-16-15(11-20(14,4)13(17)3)12(2)18(23)22(16)5/h7,10,13,17H,6,8-9,11H2,1-5H3,(H,21,24)/t13-,17-,20+/m0/s1. The van der Waals surface area contributed by atoms with Crippen LogP contribution in [0, 0.1) is 11.3 Å². The van der Waals surface area contributed by atoms with Crippen molar-refractivity contribution in [3.8, 4) is 0 Å². The molecular formula is C20H28N2O3. The van der Waals surface area contributed by atoms with E-state index in [2.05, 4.69) is 31.3 Å². The fourth-order valence-corrected chi connectivity index (χ4v) is 4.20. The first kappa shape index (κ1) is 17.8. The van der Waals surface area contributed by atoms with E-state index < -0.39 is 0 Å². The average Bonchev–Trinajstić information content (AvgIpc) is 2.79. The van der Waals surface area contributed by atoms with Crippen molar-refractivity contribution in [2.75, 3.05) is 13.6 Å². The SMILES string of the molecule is CCCNC(=O)O[C@H]1CC=C2C=C3C(=C(C)C(=O)N3C)C[C@]2(C)[C@H]1C. The molecule has 0 aromatic rings. The van der Waals surface area contributed by atoms with Crippen molar-refractivity contribution in [3.05, 3.63) is 34.6 Å². The van der Waals surface area contributed by atoms with Crippen LogP contribution in [-0.2, 0) is 9.53 Å². The van der Waals surface area contributed by atoms with Gasteiger partial charge >= 0.3 is 6.09 Å². The van der Waals surface area contributed by atoms with Crippen molar-refractivity contribution in [1.29, 1.82) is 0 Å². The van der Waals surface area contributed by atoms with Gasteiger partial charge in [-0.05, 0) is 37.0 Å². The molecule has 3 rings (SSSR count). The Bertz CT molecular complexity index is 704. The molecule has 1 N–H and O–H groups in total. The topological polar surface area (TPSA) is 58.6 Å². The summed E-state index contributed by atoms with van der Waals surface area (Å²) in [5.74, 6) is 0.266. The maximum atomic E-state index is 12.3. The number of ether oxygens (including phenoxy) is 1. The zero-order valence-electron chi connectivity index (χ0n) is 15.8. The zero-order chi connectivity index (χ0) is 18.4. The Balaban J connectivity index is 1.86. The first-order valence-electron chi connectivity index (χ1n) is 9.14. The molecule has 1 heterocycles. The van der Waals surface area contributed by atoms with Gasteiger partial charge in [0.25, 0.3) is 5.91 Å². The molecule has 0 saturated carbocycles. The average molecular weight is 344 g/mol. The highest BCUT2D eigenvalue weighted by Crippen LogP contribution is 2.54. The van der Waals surface area contributed by atoms with Crippen LogP contribution in [0.15, 0.2) is 34.6 Å². The van der Waals surface area contributed by atoms with Crippen LogP contribution in [0.2, 0.25) is 0 Å². The molecule has 0 unspecified atom stereocenters. The van der Waals surface area contributed by atoms with Crippen molar-refractivity contribution < 1.29 is 14.3 Å². The van der Waals surface area contributed by atoms with Crippen LogP contribution >= 0.6 is 0 Å². The fourth-order valence-electron chi connectivity index (χ4n) is 4.20. The summed E-state index contributed by atoms with van der Waals surface area (Å²) in [4.78, 5) is 26.0. The van der Waals surface area contributed by atoms with Gasteiger partial charge in [0.1, 0.15) is 6.10 Å². The number of rotatable bonds is 3. The van der Waals surface area contributed by atoms with E-state index in [1.807, 2.05) is 20.9 Å². The Morgan fingerprint density at radius 1 is 1.48 bits per heavy atom. The van der Waals surface area contributed by atoms with Crippen LogP contribution < -0.4 is 5.32 Å². The third-order valence-corrected chi connectivity index (χ3v) is 6.15. The maximum Gasteiger partial charge on any atom is 0.407 e. The van der Waals surface area contributed by atoms with E-state index >= 15 is 0 Å². The molecule has 3 aliphatic rings.